The molecule has 0 saturated carbocycles. The number of nitrogens with one attached hydrogen (secondary N) is 1. The minimum absolute atomic E-state index is 0.154. The minimum atomic E-state index is -0.214. The summed E-state index contributed by atoms with van der Waals surface area (Å²) in [6.45, 7) is 7.85. The van der Waals surface area contributed by atoms with Gasteiger partial charge in [0.15, 0.2) is 5.82 Å². The van der Waals surface area contributed by atoms with Crippen LogP contribution in [0, 0.1) is 27.7 Å². The zero-order valence-corrected chi connectivity index (χ0v) is 16.8. The number of benzene rings is 1. The molecule has 0 atom stereocenters. The Morgan fingerprint density at radius 1 is 1.21 bits per heavy atom. The van der Waals surface area contributed by atoms with Gasteiger partial charge in [0.2, 0.25) is 0 Å². The van der Waals surface area contributed by atoms with Crippen LogP contribution in [0.25, 0.3) is 16.9 Å². The Bertz CT molecular complexity index is 1230. The smallest absolute Gasteiger partial charge is 0.260 e. The summed E-state index contributed by atoms with van der Waals surface area (Å²) in [6, 6.07) is 11.6. The van der Waals surface area contributed by atoms with Crippen molar-refractivity contribution in [1.82, 2.24) is 24.7 Å². The van der Waals surface area contributed by atoms with Crippen LogP contribution in [0.4, 0.5) is 0 Å². The van der Waals surface area contributed by atoms with Crippen LogP contribution >= 0.6 is 0 Å². The maximum atomic E-state index is 12.4. The Balaban J connectivity index is 1.48. The first-order chi connectivity index (χ1) is 13.9. The van der Waals surface area contributed by atoms with E-state index in [4.69, 9.17) is 4.52 Å². The number of hydrazone groups is 1. The van der Waals surface area contributed by atoms with Gasteiger partial charge in [-0.15, -0.1) is 0 Å². The monoisotopic (exact) mass is 390 g/mol. The molecule has 4 rings (SSSR count). The second kappa shape index (κ2) is 7.38. The van der Waals surface area contributed by atoms with Gasteiger partial charge in [-0.1, -0.05) is 17.3 Å². The van der Waals surface area contributed by atoms with Crippen LogP contribution in [0.1, 0.15) is 28.5 Å². The lowest BCUT2D eigenvalue weighted by Gasteiger charge is -2.05. The van der Waals surface area contributed by atoms with E-state index in [9.17, 15) is 4.79 Å². The van der Waals surface area contributed by atoms with E-state index in [0.717, 1.165) is 45.4 Å². The van der Waals surface area contributed by atoms with E-state index in [1.165, 1.54) is 0 Å². The zero-order valence-electron chi connectivity index (χ0n) is 16.8. The average Bonchev–Trinajstić information content (AvgIpc) is 3.32. The van der Waals surface area contributed by atoms with Gasteiger partial charge in [0.05, 0.1) is 17.2 Å². The quantitative estimate of drug-likeness (QED) is 0.418. The standard InChI is InChI=1S/C21H22N6O2/c1-13-9-17(15(3)27(13)20-10-14(2)29-25-20)11-22-24-21(28)12-26-16(4)23-18-7-5-6-8-19(18)26/h5-11H,12H2,1-4H3,(H,24,28)/b22-11-. The van der Waals surface area contributed by atoms with E-state index >= 15 is 0 Å². The summed E-state index contributed by atoms with van der Waals surface area (Å²) in [5.74, 6) is 2.05. The molecule has 148 valence electrons. The molecule has 0 radical (unpaired) electrons. The molecule has 0 aliphatic rings. The van der Waals surface area contributed by atoms with Crippen molar-refractivity contribution < 1.29 is 9.32 Å². The highest BCUT2D eigenvalue weighted by molar-refractivity contribution is 5.85. The number of imidazole rings is 1. The van der Waals surface area contributed by atoms with Crippen molar-refractivity contribution >= 4 is 23.2 Å². The molecule has 3 heterocycles. The molecule has 1 aromatic carbocycles. The molecule has 1 amide bonds. The highest BCUT2D eigenvalue weighted by Gasteiger charge is 2.13. The number of nitrogens with zero attached hydrogens (tertiary/aromatic N) is 5. The van der Waals surface area contributed by atoms with Gasteiger partial charge in [-0.3, -0.25) is 9.36 Å². The number of hydrogen-bond acceptors (Lipinski definition) is 5. The minimum Gasteiger partial charge on any atom is -0.360 e. The Morgan fingerprint density at radius 3 is 2.76 bits per heavy atom. The number of aryl methyl sites for hydroxylation is 3. The van der Waals surface area contributed by atoms with Crippen molar-refractivity contribution in [2.75, 3.05) is 0 Å². The fourth-order valence-electron chi connectivity index (χ4n) is 3.48. The first-order valence-corrected chi connectivity index (χ1v) is 9.30. The maximum absolute atomic E-state index is 12.4. The predicted octanol–water partition coefficient (Wildman–Crippen LogP) is 3.20. The summed E-state index contributed by atoms with van der Waals surface area (Å²) in [6.07, 6.45) is 1.64. The zero-order chi connectivity index (χ0) is 20.5. The predicted molar refractivity (Wildman–Crippen MR) is 110 cm³/mol. The number of fused-ring (bicyclic) bond motifs is 1. The summed E-state index contributed by atoms with van der Waals surface area (Å²) in [4.78, 5) is 16.9. The van der Waals surface area contributed by atoms with Crippen molar-refractivity contribution in [1.29, 1.82) is 0 Å². The number of carbonyl (C=O) groups excluding carboxylic acids is 1. The van der Waals surface area contributed by atoms with Crippen LogP contribution in [0.5, 0.6) is 0 Å². The van der Waals surface area contributed by atoms with Crippen molar-refractivity contribution in [3.8, 4) is 5.82 Å². The van der Waals surface area contributed by atoms with E-state index in [2.05, 4.69) is 20.7 Å². The molecule has 8 heteroatoms. The van der Waals surface area contributed by atoms with Gasteiger partial charge in [-0.2, -0.15) is 5.10 Å². The third-order valence-corrected chi connectivity index (χ3v) is 4.85. The van der Waals surface area contributed by atoms with Crippen LogP contribution < -0.4 is 5.43 Å². The van der Waals surface area contributed by atoms with Crippen LogP contribution in [-0.2, 0) is 11.3 Å². The fourth-order valence-corrected chi connectivity index (χ4v) is 3.48. The highest BCUT2D eigenvalue weighted by Crippen LogP contribution is 2.19. The Kier molecular flexibility index (Phi) is 4.75. The van der Waals surface area contributed by atoms with Gasteiger partial charge in [-0.25, -0.2) is 10.4 Å². The first-order valence-electron chi connectivity index (χ1n) is 9.30. The van der Waals surface area contributed by atoms with Crippen LogP contribution in [0.15, 0.2) is 46.0 Å². The van der Waals surface area contributed by atoms with E-state index < -0.39 is 0 Å². The van der Waals surface area contributed by atoms with E-state index in [-0.39, 0.29) is 12.5 Å². The van der Waals surface area contributed by atoms with Crippen LogP contribution in [-0.4, -0.2) is 31.4 Å². The number of aromatic nitrogens is 4. The molecule has 8 nitrogen and oxygen atoms in total. The molecule has 0 bridgehead atoms. The fraction of sp³-hybridized carbons (Fsp3) is 0.238. The Hall–Kier alpha value is -3.68. The van der Waals surface area contributed by atoms with Crippen molar-refractivity contribution in [3.63, 3.8) is 0 Å². The Labute approximate surface area is 167 Å². The summed E-state index contributed by atoms with van der Waals surface area (Å²) >= 11 is 0. The molecule has 4 aromatic rings. The lowest BCUT2D eigenvalue weighted by Crippen LogP contribution is -2.23. The van der Waals surface area contributed by atoms with Gasteiger partial charge < -0.3 is 9.09 Å². The van der Waals surface area contributed by atoms with Gasteiger partial charge >= 0.3 is 0 Å². The van der Waals surface area contributed by atoms with Gasteiger partial charge in [0.25, 0.3) is 5.91 Å². The van der Waals surface area contributed by atoms with Crippen molar-refractivity contribution in [3.05, 3.63) is 64.9 Å². The maximum Gasteiger partial charge on any atom is 0.260 e. The van der Waals surface area contributed by atoms with E-state index in [1.807, 2.05) is 73.2 Å². The summed E-state index contributed by atoms with van der Waals surface area (Å²) in [5, 5.41) is 8.20. The number of rotatable bonds is 5. The molecule has 29 heavy (non-hydrogen) atoms. The number of para-hydroxylation sites is 2. The second-order valence-electron chi connectivity index (χ2n) is 6.98. The second-order valence-corrected chi connectivity index (χ2v) is 6.98. The van der Waals surface area contributed by atoms with Crippen LogP contribution in [0.3, 0.4) is 0 Å². The van der Waals surface area contributed by atoms with Crippen LogP contribution in [0.2, 0.25) is 0 Å². The SMILES string of the molecule is Cc1cc(-n2c(C)cc(/C=N\NC(=O)Cn3c(C)nc4ccccc43)c2C)no1. The van der Waals surface area contributed by atoms with Gasteiger partial charge in [0, 0.05) is 23.0 Å². The summed E-state index contributed by atoms with van der Waals surface area (Å²) in [5.41, 5.74) is 7.26. The summed E-state index contributed by atoms with van der Waals surface area (Å²) < 4.78 is 9.03. The highest BCUT2D eigenvalue weighted by atomic mass is 16.5. The normalized spacial score (nSPS) is 11.6. The molecule has 0 unspecified atom stereocenters. The van der Waals surface area contributed by atoms with Crippen molar-refractivity contribution in [2.45, 2.75) is 34.2 Å². The average molecular weight is 390 g/mol. The third-order valence-electron chi connectivity index (χ3n) is 4.85. The molecule has 1 N–H and O–H groups in total. The molecular weight excluding hydrogens is 368 g/mol. The molecule has 0 spiro atoms. The third kappa shape index (κ3) is 3.56. The largest absolute Gasteiger partial charge is 0.360 e. The van der Waals surface area contributed by atoms with E-state index in [0.29, 0.717) is 0 Å². The molecule has 0 fully saturated rings. The topological polar surface area (TPSA) is 90.2 Å². The molecule has 0 aliphatic heterocycles. The van der Waals surface area contributed by atoms with E-state index in [1.54, 1.807) is 6.21 Å². The lowest BCUT2D eigenvalue weighted by molar-refractivity contribution is -0.121. The molecular formula is C21H22N6O2. The number of hydrogen-bond donors (Lipinski definition) is 1. The van der Waals surface area contributed by atoms with Gasteiger partial charge in [0.1, 0.15) is 18.1 Å². The Morgan fingerprint density at radius 2 is 2.00 bits per heavy atom. The number of carbonyl (C=O) groups is 1. The molecule has 3 aromatic heterocycles. The summed E-state index contributed by atoms with van der Waals surface area (Å²) in [7, 11) is 0. The van der Waals surface area contributed by atoms with Crippen molar-refractivity contribution in [2.24, 2.45) is 5.10 Å². The first kappa shape index (κ1) is 18.7. The molecule has 0 aliphatic carbocycles. The lowest BCUT2D eigenvalue weighted by atomic mass is 10.3. The van der Waals surface area contributed by atoms with Gasteiger partial charge in [-0.05, 0) is 45.9 Å². The molecule has 0 saturated heterocycles. The number of amides is 1.